The molecule has 1 aromatic carbocycles. The van der Waals surface area contributed by atoms with Gasteiger partial charge >= 0.3 is 0 Å². The Morgan fingerprint density at radius 2 is 2.20 bits per heavy atom. The summed E-state index contributed by atoms with van der Waals surface area (Å²) in [5.74, 6) is 0.00311. The Labute approximate surface area is 99.7 Å². The highest BCUT2D eigenvalue weighted by atomic mass is 127. The number of nitrogens with two attached hydrogens (primary N) is 2. The van der Waals surface area contributed by atoms with Crippen molar-refractivity contribution in [2.75, 3.05) is 0 Å². The third-order valence-electron chi connectivity index (χ3n) is 1.65. The quantitative estimate of drug-likeness (QED) is 0.284. The maximum Gasteiger partial charge on any atom is 0.282 e. The molecule has 0 aliphatic carbocycles. The van der Waals surface area contributed by atoms with Gasteiger partial charge in [0.25, 0.3) is 5.69 Å². The molecule has 4 N–H and O–H groups in total. The maximum atomic E-state index is 10.5. The van der Waals surface area contributed by atoms with Crippen molar-refractivity contribution < 1.29 is 4.92 Å². The van der Waals surface area contributed by atoms with E-state index in [1.165, 1.54) is 6.07 Å². The Hall–Kier alpha value is -1.38. The lowest BCUT2D eigenvalue weighted by atomic mass is 10.2. The second-order valence-corrected chi connectivity index (χ2v) is 3.95. The molecule has 0 saturated carbocycles. The van der Waals surface area contributed by atoms with Gasteiger partial charge < -0.3 is 11.5 Å². The van der Waals surface area contributed by atoms with E-state index in [-0.39, 0.29) is 11.6 Å². The summed E-state index contributed by atoms with van der Waals surface area (Å²) >= 11 is 1.91. The molecule has 0 radical (unpaired) electrons. The van der Waals surface area contributed by atoms with Crippen molar-refractivity contribution in [2.24, 2.45) is 16.5 Å². The first kappa shape index (κ1) is 11.7. The standard InChI is InChI=1S/C8H9IN4O2/c9-6-3-5(4-12-8(10)11)1-2-7(6)13(14)15/h1-3H,4H2,(H4,10,11,12). The molecule has 0 saturated heterocycles. The Balaban J connectivity index is 2.92. The summed E-state index contributed by atoms with van der Waals surface area (Å²) in [7, 11) is 0. The molecular formula is C8H9IN4O2. The van der Waals surface area contributed by atoms with Gasteiger partial charge in [0.1, 0.15) is 0 Å². The number of aliphatic imine (C=N–C) groups is 1. The zero-order chi connectivity index (χ0) is 11.4. The zero-order valence-electron chi connectivity index (χ0n) is 7.68. The Bertz CT molecular complexity index is 415. The first-order chi connectivity index (χ1) is 7.00. The summed E-state index contributed by atoms with van der Waals surface area (Å²) < 4.78 is 0.570. The third-order valence-corrected chi connectivity index (χ3v) is 2.52. The predicted octanol–water partition coefficient (Wildman–Crippen LogP) is 0.973. The molecule has 7 heteroatoms. The van der Waals surface area contributed by atoms with Crippen LogP contribution in [0.5, 0.6) is 0 Å². The SMILES string of the molecule is NC(N)=NCc1ccc([N+](=O)[O-])c(I)c1. The number of hydrogen-bond donors (Lipinski definition) is 2. The fourth-order valence-electron chi connectivity index (χ4n) is 0.979. The van der Waals surface area contributed by atoms with Gasteiger partial charge in [-0.2, -0.15) is 0 Å². The summed E-state index contributed by atoms with van der Waals surface area (Å²) in [6.07, 6.45) is 0. The first-order valence-corrected chi connectivity index (χ1v) is 5.07. The van der Waals surface area contributed by atoms with Gasteiger partial charge in [-0.25, -0.2) is 4.99 Å². The average Bonchev–Trinajstić information content (AvgIpc) is 2.14. The van der Waals surface area contributed by atoms with Crippen LogP contribution in [-0.2, 0) is 6.54 Å². The van der Waals surface area contributed by atoms with Crippen LogP contribution >= 0.6 is 22.6 Å². The third kappa shape index (κ3) is 3.35. The Kier molecular flexibility index (Phi) is 3.83. The minimum Gasteiger partial charge on any atom is -0.370 e. The number of guanidine groups is 1. The summed E-state index contributed by atoms with van der Waals surface area (Å²) in [4.78, 5) is 13.9. The minimum atomic E-state index is -0.424. The van der Waals surface area contributed by atoms with Crippen molar-refractivity contribution >= 4 is 34.2 Å². The molecule has 1 rings (SSSR count). The van der Waals surface area contributed by atoms with Crippen LogP contribution in [0.25, 0.3) is 0 Å². The Morgan fingerprint density at radius 1 is 1.53 bits per heavy atom. The molecule has 0 aliphatic heterocycles. The van der Waals surface area contributed by atoms with Crippen LogP contribution in [0.2, 0.25) is 0 Å². The van der Waals surface area contributed by atoms with Crippen molar-refractivity contribution in [3.8, 4) is 0 Å². The molecular weight excluding hydrogens is 311 g/mol. The van der Waals surface area contributed by atoms with Crippen LogP contribution in [0.4, 0.5) is 5.69 Å². The van der Waals surface area contributed by atoms with Gasteiger partial charge in [0, 0.05) is 6.07 Å². The van der Waals surface area contributed by atoms with Crippen LogP contribution < -0.4 is 11.5 Å². The number of nitro benzene ring substituents is 1. The second-order valence-electron chi connectivity index (χ2n) is 2.78. The van der Waals surface area contributed by atoms with Crippen molar-refractivity contribution in [3.05, 3.63) is 37.4 Å². The van der Waals surface area contributed by atoms with Crippen LogP contribution in [0.15, 0.2) is 23.2 Å². The number of nitrogens with zero attached hydrogens (tertiary/aromatic N) is 2. The highest BCUT2D eigenvalue weighted by molar-refractivity contribution is 14.1. The van der Waals surface area contributed by atoms with E-state index in [0.29, 0.717) is 10.1 Å². The molecule has 0 bridgehead atoms. The van der Waals surface area contributed by atoms with Crippen molar-refractivity contribution in [2.45, 2.75) is 6.54 Å². The van der Waals surface area contributed by atoms with Crippen molar-refractivity contribution in [3.63, 3.8) is 0 Å². The van der Waals surface area contributed by atoms with E-state index < -0.39 is 4.92 Å². The lowest BCUT2D eigenvalue weighted by molar-refractivity contribution is -0.385. The highest BCUT2D eigenvalue weighted by Crippen LogP contribution is 2.21. The molecule has 6 nitrogen and oxygen atoms in total. The molecule has 0 atom stereocenters. The monoisotopic (exact) mass is 320 g/mol. The minimum absolute atomic E-state index is 0.00311. The van der Waals surface area contributed by atoms with Gasteiger partial charge in [-0.3, -0.25) is 10.1 Å². The van der Waals surface area contributed by atoms with Crippen LogP contribution in [-0.4, -0.2) is 10.9 Å². The van der Waals surface area contributed by atoms with E-state index in [0.717, 1.165) is 5.56 Å². The van der Waals surface area contributed by atoms with Gasteiger partial charge in [-0.05, 0) is 34.2 Å². The molecule has 0 amide bonds. The number of benzene rings is 1. The molecule has 0 unspecified atom stereocenters. The number of halogens is 1. The number of rotatable bonds is 3. The summed E-state index contributed by atoms with van der Waals surface area (Å²) in [5, 5.41) is 10.5. The fourth-order valence-corrected chi connectivity index (χ4v) is 1.76. The molecule has 0 spiro atoms. The molecule has 0 aromatic heterocycles. The number of nitro groups is 1. The van der Waals surface area contributed by atoms with E-state index in [9.17, 15) is 10.1 Å². The van der Waals surface area contributed by atoms with Gasteiger partial charge in [0.2, 0.25) is 0 Å². The molecule has 80 valence electrons. The topological polar surface area (TPSA) is 108 Å². The van der Waals surface area contributed by atoms with E-state index in [2.05, 4.69) is 4.99 Å². The van der Waals surface area contributed by atoms with E-state index in [1.807, 2.05) is 22.6 Å². The van der Waals surface area contributed by atoms with Gasteiger partial charge in [0.15, 0.2) is 5.96 Å². The summed E-state index contributed by atoms with van der Waals surface area (Å²) in [6, 6.07) is 4.76. The van der Waals surface area contributed by atoms with Crippen molar-refractivity contribution in [1.29, 1.82) is 0 Å². The van der Waals surface area contributed by atoms with E-state index in [4.69, 9.17) is 11.5 Å². The fraction of sp³-hybridized carbons (Fsp3) is 0.125. The van der Waals surface area contributed by atoms with E-state index in [1.54, 1.807) is 12.1 Å². The van der Waals surface area contributed by atoms with Crippen molar-refractivity contribution in [1.82, 2.24) is 0 Å². The van der Waals surface area contributed by atoms with Crippen LogP contribution in [0.1, 0.15) is 5.56 Å². The Morgan fingerprint density at radius 3 is 2.67 bits per heavy atom. The maximum absolute atomic E-state index is 10.5. The highest BCUT2D eigenvalue weighted by Gasteiger charge is 2.10. The predicted molar refractivity (Wildman–Crippen MR) is 65.3 cm³/mol. The van der Waals surface area contributed by atoms with Crippen LogP contribution in [0.3, 0.4) is 0 Å². The van der Waals surface area contributed by atoms with Gasteiger partial charge in [-0.1, -0.05) is 6.07 Å². The van der Waals surface area contributed by atoms with E-state index >= 15 is 0 Å². The number of hydrogen-bond acceptors (Lipinski definition) is 3. The normalized spacial score (nSPS) is 9.67. The largest absolute Gasteiger partial charge is 0.370 e. The second kappa shape index (κ2) is 4.91. The lowest BCUT2D eigenvalue weighted by Gasteiger charge is -1.99. The first-order valence-electron chi connectivity index (χ1n) is 3.99. The average molecular weight is 320 g/mol. The molecule has 0 heterocycles. The lowest BCUT2D eigenvalue weighted by Crippen LogP contribution is -2.22. The molecule has 0 fully saturated rings. The zero-order valence-corrected chi connectivity index (χ0v) is 9.84. The summed E-state index contributed by atoms with van der Waals surface area (Å²) in [6.45, 7) is 0.330. The van der Waals surface area contributed by atoms with Gasteiger partial charge in [-0.15, -0.1) is 0 Å². The molecule has 1 aromatic rings. The van der Waals surface area contributed by atoms with Crippen LogP contribution in [0, 0.1) is 13.7 Å². The summed E-state index contributed by atoms with van der Waals surface area (Å²) in [5.41, 5.74) is 11.3. The smallest absolute Gasteiger partial charge is 0.282 e. The molecule has 0 aliphatic rings. The molecule has 15 heavy (non-hydrogen) atoms. The van der Waals surface area contributed by atoms with Gasteiger partial charge in [0.05, 0.1) is 15.0 Å².